The highest BCUT2D eigenvalue weighted by molar-refractivity contribution is 6.30. The number of hydrogen-bond acceptors (Lipinski definition) is 1. The zero-order chi connectivity index (χ0) is 7.56. The Bertz CT molecular complexity index is 223. The van der Waals surface area contributed by atoms with Crippen LogP contribution in [0.1, 0.15) is 17.9 Å². The van der Waals surface area contributed by atoms with Crippen molar-refractivity contribution in [3.05, 3.63) is 29.0 Å². The van der Waals surface area contributed by atoms with Crippen molar-refractivity contribution < 1.29 is 0 Å². The van der Waals surface area contributed by atoms with E-state index in [1.807, 2.05) is 13.0 Å². The molecule has 54 valence electrons. The second kappa shape index (κ2) is 3.22. The van der Waals surface area contributed by atoms with Gasteiger partial charge in [0.2, 0.25) is 0 Å². The van der Waals surface area contributed by atoms with Gasteiger partial charge in [0, 0.05) is 12.4 Å². The van der Waals surface area contributed by atoms with Crippen molar-refractivity contribution in [3.63, 3.8) is 0 Å². The number of hydrogen-bond donors (Lipinski definition) is 0. The van der Waals surface area contributed by atoms with E-state index < -0.39 is 0 Å². The van der Waals surface area contributed by atoms with Gasteiger partial charge in [-0.2, -0.15) is 0 Å². The highest BCUT2D eigenvalue weighted by atomic mass is 35.5. The highest BCUT2D eigenvalue weighted by Crippen LogP contribution is 2.20. The van der Waals surface area contributed by atoms with Crippen LogP contribution in [0.15, 0.2) is 18.5 Å². The first-order valence-corrected chi connectivity index (χ1v) is 3.76. The Morgan fingerprint density at radius 3 is 2.60 bits per heavy atom. The molecule has 0 N–H and O–H groups in total. The monoisotopic (exact) mass is 175 g/mol. The minimum absolute atomic E-state index is 0.0220. The average Bonchev–Trinajstić information content (AvgIpc) is 1.88. The van der Waals surface area contributed by atoms with Gasteiger partial charge in [0.15, 0.2) is 0 Å². The first kappa shape index (κ1) is 7.83. The lowest BCUT2D eigenvalue weighted by Crippen LogP contribution is -1.84. The Hall–Kier alpha value is -0.270. The minimum atomic E-state index is -0.0220. The van der Waals surface area contributed by atoms with Crippen LogP contribution < -0.4 is 0 Å². The lowest BCUT2D eigenvalue weighted by atomic mass is 10.2. The summed E-state index contributed by atoms with van der Waals surface area (Å²) in [6.07, 6.45) is 3.30. The van der Waals surface area contributed by atoms with Crippen LogP contribution in [0, 0.1) is 0 Å². The van der Waals surface area contributed by atoms with E-state index in [-0.39, 0.29) is 5.38 Å². The second-order valence-electron chi connectivity index (χ2n) is 2.05. The summed E-state index contributed by atoms with van der Waals surface area (Å²) in [4.78, 5) is 3.89. The van der Waals surface area contributed by atoms with Crippen LogP contribution >= 0.6 is 23.2 Å². The SMILES string of the molecule is CC(Cl)c1cncc(Cl)c1. The van der Waals surface area contributed by atoms with Gasteiger partial charge in [0.05, 0.1) is 10.4 Å². The van der Waals surface area contributed by atoms with Gasteiger partial charge in [-0.1, -0.05) is 11.6 Å². The maximum absolute atomic E-state index is 5.78. The predicted octanol–water partition coefficient (Wildman–Crippen LogP) is 3.03. The molecule has 0 aliphatic rings. The van der Waals surface area contributed by atoms with E-state index in [1.54, 1.807) is 12.4 Å². The molecule has 1 rings (SSSR count). The number of nitrogens with zero attached hydrogens (tertiary/aromatic N) is 1. The summed E-state index contributed by atoms with van der Waals surface area (Å²) < 4.78 is 0. The Balaban J connectivity index is 2.96. The standard InChI is InChI=1S/C7H7Cl2N/c1-5(8)6-2-7(9)4-10-3-6/h2-5H,1H3. The average molecular weight is 176 g/mol. The molecule has 1 nitrogen and oxygen atoms in total. The first-order valence-electron chi connectivity index (χ1n) is 2.94. The van der Waals surface area contributed by atoms with Crippen molar-refractivity contribution in [2.24, 2.45) is 0 Å². The summed E-state index contributed by atoms with van der Waals surface area (Å²) in [6.45, 7) is 1.88. The molecular weight excluding hydrogens is 169 g/mol. The molecule has 0 spiro atoms. The summed E-state index contributed by atoms with van der Waals surface area (Å²) in [7, 11) is 0. The molecular formula is C7H7Cl2N. The summed E-state index contributed by atoms with van der Waals surface area (Å²) in [6, 6.07) is 1.81. The Morgan fingerprint density at radius 1 is 1.50 bits per heavy atom. The lowest BCUT2D eigenvalue weighted by molar-refractivity contribution is 1.06. The van der Waals surface area contributed by atoms with Gasteiger partial charge in [-0.25, -0.2) is 0 Å². The normalized spacial score (nSPS) is 13.1. The Kier molecular flexibility index (Phi) is 2.52. The summed E-state index contributed by atoms with van der Waals surface area (Å²) in [5, 5.41) is 0.608. The van der Waals surface area contributed by atoms with Crippen molar-refractivity contribution in [2.75, 3.05) is 0 Å². The van der Waals surface area contributed by atoms with E-state index in [0.717, 1.165) is 5.56 Å². The maximum Gasteiger partial charge on any atom is 0.0592 e. The fraction of sp³-hybridized carbons (Fsp3) is 0.286. The van der Waals surface area contributed by atoms with Crippen LogP contribution in [0.3, 0.4) is 0 Å². The topological polar surface area (TPSA) is 12.9 Å². The molecule has 0 amide bonds. The number of pyridine rings is 1. The van der Waals surface area contributed by atoms with E-state index in [0.29, 0.717) is 5.02 Å². The van der Waals surface area contributed by atoms with Crippen LogP contribution in [-0.4, -0.2) is 4.98 Å². The van der Waals surface area contributed by atoms with Gasteiger partial charge in [-0.05, 0) is 18.6 Å². The van der Waals surface area contributed by atoms with Crippen LogP contribution in [0.25, 0.3) is 0 Å². The van der Waals surface area contributed by atoms with Crippen molar-refractivity contribution in [2.45, 2.75) is 12.3 Å². The maximum atomic E-state index is 5.78. The minimum Gasteiger partial charge on any atom is -0.263 e. The second-order valence-corrected chi connectivity index (χ2v) is 3.14. The molecule has 0 fully saturated rings. The van der Waals surface area contributed by atoms with Gasteiger partial charge in [0.25, 0.3) is 0 Å². The number of aromatic nitrogens is 1. The molecule has 0 aliphatic carbocycles. The van der Waals surface area contributed by atoms with E-state index in [4.69, 9.17) is 23.2 Å². The molecule has 1 heterocycles. The van der Waals surface area contributed by atoms with E-state index in [2.05, 4.69) is 4.98 Å². The molecule has 0 aromatic carbocycles. The first-order chi connectivity index (χ1) is 4.70. The molecule has 0 saturated heterocycles. The van der Waals surface area contributed by atoms with E-state index >= 15 is 0 Å². The molecule has 0 aliphatic heterocycles. The summed E-state index contributed by atoms with van der Waals surface area (Å²) in [5.74, 6) is 0. The van der Waals surface area contributed by atoms with Gasteiger partial charge >= 0.3 is 0 Å². The van der Waals surface area contributed by atoms with E-state index in [1.165, 1.54) is 0 Å². The Labute approximate surface area is 70.0 Å². The molecule has 1 aromatic heterocycles. The van der Waals surface area contributed by atoms with Gasteiger partial charge < -0.3 is 0 Å². The third-order valence-corrected chi connectivity index (χ3v) is 1.64. The van der Waals surface area contributed by atoms with Gasteiger partial charge in [-0.3, -0.25) is 4.98 Å². The predicted molar refractivity (Wildman–Crippen MR) is 43.5 cm³/mol. The third kappa shape index (κ3) is 1.86. The molecule has 0 bridgehead atoms. The fourth-order valence-corrected chi connectivity index (χ4v) is 0.948. The Morgan fingerprint density at radius 2 is 2.20 bits per heavy atom. The van der Waals surface area contributed by atoms with Crippen molar-refractivity contribution in [3.8, 4) is 0 Å². The van der Waals surface area contributed by atoms with Crippen LogP contribution in [-0.2, 0) is 0 Å². The molecule has 3 heteroatoms. The number of rotatable bonds is 1. The molecule has 1 aromatic rings. The smallest absolute Gasteiger partial charge is 0.0592 e. The summed E-state index contributed by atoms with van der Waals surface area (Å²) in [5.41, 5.74) is 0.953. The number of halogens is 2. The van der Waals surface area contributed by atoms with Gasteiger partial charge in [-0.15, -0.1) is 11.6 Å². The third-order valence-electron chi connectivity index (χ3n) is 1.19. The largest absolute Gasteiger partial charge is 0.263 e. The molecule has 10 heavy (non-hydrogen) atoms. The molecule has 1 atom stereocenters. The summed E-state index contributed by atoms with van der Waals surface area (Å²) >= 11 is 11.4. The van der Waals surface area contributed by atoms with Crippen molar-refractivity contribution >= 4 is 23.2 Å². The van der Waals surface area contributed by atoms with Crippen molar-refractivity contribution in [1.82, 2.24) is 4.98 Å². The fourth-order valence-electron chi connectivity index (χ4n) is 0.646. The highest BCUT2D eigenvalue weighted by Gasteiger charge is 2.00. The number of alkyl halides is 1. The van der Waals surface area contributed by atoms with Gasteiger partial charge in [0.1, 0.15) is 0 Å². The zero-order valence-corrected chi connectivity index (χ0v) is 7.02. The lowest BCUT2D eigenvalue weighted by Gasteiger charge is -2.00. The molecule has 0 saturated carbocycles. The van der Waals surface area contributed by atoms with E-state index in [9.17, 15) is 0 Å². The van der Waals surface area contributed by atoms with Crippen molar-refractivity contribution in [1.29, 1.82) is 0 Å². The van der Waals surface area contributed by atoms with Crippen LogP contribution in [0.2, 0.25) is 5.02 Å². The van der Waals surface area contributed by atoms with Crippen LogP contribution in [0.5, 0.6) is 0 Å². The quantitative estimate of drug-likeness (QED) is 0.599. The molecule has 0 radical (unpaired) electrons. The zero-order valence-electron chi connectivity index (χ0n) is 5.51. The van der Waals surface area contributed by atoms with Crippen LogP contribution in [0.4, 0.5) is 0 Å². The molecule has 1 unspecified atom stereocenters.